The topological polar surface area (TPSA) is 51.7 Å². The predicted octanol–water partition coefficient (Wildman–Crippen LogP) is 7.47. The zero-order chi connectivity index (χ0) is 30.1. The number of nitrogens with zero attached hydrogens (tertiary/aromatic N) is 4. The molecule has 0 unspecified atom stereocenters. The van der Waals surface area contributed by atoms with Crippen molar-refractivity contribution in [2.45, 2.75) is 12.7 Å². The van der Waals surface area contributed by atoms with E-state index < -0.39 is 11.7 Å². The van der Waals surface area contributed by atoms with Crippen LogP contribution in [0.15, 0.2) is 79.0 Å². The molecular formula is C32H28Cl2F3N5O. The van der Waals surface area contributed by atoms with Gasteiger partial charge in [0, 0.05) is 78.9 Å². The minimum Gasteiger partial charge on any atom is -0.368 e. The average molecular weight is 627 g/mol. The summed E-state index contributed by atoms with van der Waals surface area (Å²) in [4.78, 5) is 24.0. The van der Waals surface area contributed by atoms with Crippen molar-refractivity contribution in [3.8, 4) is 11.1 Å². The van der Waals surface area contributed by atoms with Crippen LogP contribution in [0.25, 0.3) is 11.1 Å². The van der Waals surface area contributed by atoms with Gasteiger partial charge in [0.15, 0.2) is 0 Å². The predicted molar refractivity (Wildman–Crippen MR) is 165 cm³/mol. The highest BCUT2D eigenvalue weighted by atomic mass is 35.5. The fraction of sp³-hybridized carbons (Fsp3) is 0.250. The third-order valence-corrected chi connectivity index (χ3v) is 8.30. The third-order valence-electron chi connectivity index (χ3n) is 7.82. The molecule has 3 heterocycles. The van der Waals surface area contributed by atoms with Crippen molar-refractivity contribution >= 4 is 46.3 Å². The van der Waals surface area contributed by atoms with Gasteiger partial charge >= 0.3 is 6.18 Å². The number of alkyl halides is 3. The van der Waals surface area contributed by atoms with Crippen molar-refractivity contribution in [1.29, 1.82) is 0 Å². The molecule has 1 saturated heterocycles. The van der Waals surface area contributed by atoms with Crippen LogP contribution in [-0.2, 0) is 12.7 Å². The van der Waals surface area contributed by atoms with Crippen LogP contribution < -0.4 is 15.1 Å². The highest BCUT2D eigenvalue weighted by Crippen LogP contribution is 2.37. The Morgan fingerprint density at radius 2 is 1.60 bits per heavy atom. The van der Waals surface area contributed by atoms with Crippen molar-refractivity contribution in [2.75, 3.05) is 54.4 Å². The number of amides is 1. The Labute approximate surface area is 257 Å². The summed E-state index contributed by atoms with van der Waals surface area (Å²) >= 11 is 12.1. The van der Waals surface area contributed by atoms with E-state index in [2.05, 4.69) is 15.2 Å². The number of benzene rings is 3. The summed E-state index contributed by atoms with van der Waals surface area (Å²) in [5.41, 5.74) is 3.28. The number of aromatic nitrogens is 1. The zero-order valence-electron chi connectivity index (χ0n) is 23.0. The van der Waals surface area contributed by atoms with Crippen LogP contribution in [0.5, 0.6) is 0 Å². The summed E-state index contributed by atoms with van der Waals surface area (Å²) < 4.78 is 41.2. The van der Waals surface area contributed by atoms with Crippen LogP contribution in [0.2, 0.25) is 10.0 Å². The number of carbonyl (C=O) groups is 1. The molecule has 3 aromatic carbocycles. The highest BCUT2D eigenvalue weighted by Gasteiger charge is 2.34. The van der Waals surface area contributed by atoms with E-state index in [4.69, 9.17) is 23.2 Å². The molecule has 43 heavy (non-hydrogen) atoms. The van der Waals surface area contributed by atoms with Gasteiger partial charge in [0.05, 0.1) is 11.3 Å². The van der Waals surface area contributed by atoms with Crippen LogP contribution in [-0.4, -0.2) is 55.1 Å². The van der Waals surface area contributed by atoms with Crippen molar-refractivity contribution < 1.29 is 18.0 Å². The maximum atomic E-state index is 13.7. The van der Waals surface area contributed by atoms with Crippen molar-refractivity contribution in [3.63, 3.8) is 0 Å². The van der Waals surface area contributed by atoms with Gasteiger partial charge in [0.25, 0.3) is 5.91 Å². The Bertz CT molecular complexity index is 1640. The Morgan fingerprint density at radius 1 is 0.860 bits per heavy atom. The molecule has 2 aliphatic heterocycles. The number of anilines is 3. The van der Waals surface area contributed by atoms with Crippen LogP contribution in [0, 0.1) is 0 Å². The van der Waals surface area contributed by atoms with E-state index in [1.165, 1.54) is 12.1 Å². The molecule has 0 saturated carbocycles. The second-order valence-corrected chi connectivity index (χ2v) is 11.4. The van der Waals surface area contributed by atoms with E-state index in [0.29, 0.717) is 61.4 Å². The molecule has 1 amide bonds. The first-order valence-corrected chi connectivity index (χ1v) is 14.7. The number of fused-ring (bicyclic) bond motifs is 1. The number of piperazine rings is 1. The Kier molecular flexibility index (Phi) is 8.11. The zero-order valence-corrected chi connectivity index (χ0v) is 24.6. The number of pyridine rings is 1. The summed E-state index contributed by atoms with van der Waals surface area (Å²) in [5, 5.41) is 4.17. The van der Waals surface area contributed by atoms with Gasteiger partial charge in [-0.3, -0.25) is 4.79 Å². The van der Waals surface area contributed by atoms with Gasteiger partial charge in [0.1, 0.15) is 5.82 Å². The molecule has 4 aromatic rings. The molecule has 2 aliphatic rings. The van der Waals surface area contributed by atoms with Crippen molar-refractivity contribution in [2.24, 2.45) is 0 Å². The maximum Gasteiger partial charge on any atom is 0.416 e. The van der Waals surface area contributed by atoms with E-state index in [0.717, 1.165) is 22.9 Å². The molecule has 6 rings (SSSR count). The molecule has 1 fully saturated rings. The van der Waals surface area contributed by atoms with Gasteiger partial charge in [-0.2, -0.15) is 13.2 Å². The fourth-order valence-electron chi connectivity index (χ4n) is 5.59. The summed E-state index contributed by atoms with van der Waals surface area (Å²) in [6, 6.07) is 20.6. The minimum atomic E-state index is -4.49. The maximum absolute atomic E-state index is 13.7. The van der Waals surface area contributed by atoms with Crippen LogP contribution >= 0.6 is 23.2 Å². The van der Waals surface area contributed by atoms with Gasteiger partial charge in [-0.1, -0.05) is 35.3 Å². The van der Waals surface area contributed by atoms with E-state index in [9.17, 15) is 18.0 Å². The lowest BCUT2D eigenvalue weighted by Crippen LogP contribution is -2.48. The van der Waals surface area contributed by atoms with Gasteiger partial charge in [-0.25, -0.2) is 4.98 Å². The van der Waals surface area contributed by atoms with Crippen LogP contribution in [0.3, 0.4) is 0 Å². The molecule has 1 N–H and O–H groups in total. The average Bonchev–Trinajstić information content (AvgIpc) is 3.01. The second kappa shape index (κ2) is 12.0. The van der Waals surface area contributed by atoms with Crippen LogP contribution in [0.4, 0.5) is 30.4 Å². The van der Waals surface area contributed by atoms with Gasteiger partial charge in [-0.05, 0) is 71.8 Å². The molecule has 0 radical (unpaired) electrons. The number of hydrogen-bond donors (Lipinski definition) is 1. The number of halogens is 5. The largest absolute Gasteiger partial charge is 0.416 e. The van der Waals surface area contributed by atoms with Gasteiger partial charge in [-0.15, -0.1) is 0 Å². The lowest BCUT2D eigenvalue weighted by molar-refractivity contribution is -0.138. The summed E-state index contributed by atoms with van der Waals surface area (Å²) in [5.74, 6) is 0.545. The second-order valence-electron chi connectivity index (χ2n) is 10.6. The summed E-state index contributed by atoms with van der Waals surface area (Å²) in [6.07, 6.45) is -2.78. The molecule has 11 heteroatoms. The van der Waals surface area contributed by atoms with Crippen molar-refractivity contribution in [1.82, 2.24) is 9.88 Å². The van der Waals surface area contributed by atoms with Gasteiger partial charge in [0.2, 0.25) is 0 Å². The first-order chi connectivity index (χ1) is 20.7. The number of carbonyl (C=O) groups excluding carboxylic acids is 1. The lowest BCUT2D eigenvalue weighted by atomic mass is 10.0. The quantitative estimate of drug-likeness (QED) is 0.249. The molecule has 222 valence electrons. The fourth-order valence-corrected chi connectivity index (χ4v) is 5.91. The SMILES string of the molecule is O=C(c1cccc(-c2cnc3c(c2)N(Cc2cc(Cl)ccc2C(F)(F)F)CCN3)c1)N1CCN(c2ccc(Cl)cc2)CC1. The standard InChI is InChI=1S/C32H28Cl2F3N5O/c33-25-4-7-27(8-5-25)40-12-14-41(15-13-40)31(43)22-3-1-2-21(16-22)23-18-29-30(39-19-23)38-10-11-42(29)20-24-17-26(34)6-9-28(24)32(35,36)37/h1-9,16-19H,10-15,20H2,(H,38,39). The minimum absolute atomic E-state index is 0.0236. The summed E-state index contributed by atoms with van der Waals surface area (Å²) in [7, 11) is 0. The number of rotatable bonds is 5. The van der Waals surface area contributed by atoms with E-state index in [1.807, 2.05) is 58.3 Å². The molecule has 0 atom stereocenters. The normalized spacial score (nSPS) is 15.2. The summed E-state index contributed by atoms with van der Waals surface area (Å²) in [6.45, 7) is 3.67. The first kappa shape index (κ1) is 29.1. The van der Waals surface area contributed by atoms with E-state index >= 15 is 0 Å². The molecule has 0 bridgehead atoms. The highest BCUT2D eigenvalue weighted by molar-refractivity contribution is 6.30. The van der Waals surface area contributed by atoms with Crippen molar-refractivity contribution in [3.05, 3.63) is 106 Å². The number of hydrogen-bond acceptors (Lipinski definition) is 5. The molecular weight excluding hydrogens is 598 g/mol. The number of nitrogens with one attached hydrogen (secondary N) is 1. The lowest BCUT2D eigenvalue weighted by Gasteiger charge is -2.36. The monoisotopic (exact) mass is 625 g/mol. The Hall–Kier alpha value is -3.95. The smallest absolute Gasteiger partial charge is 0.368 e. The molecule has 0 aliphatic carbocycles. The van der Waals surface area contributed by atoms with E-state index in [1.54, 1.807) is 12.3 Å². The third kappa shape index (κ3) is 6.38. The molecule has 6 nitrogen and oxygen atoms in total. The Morgan fingerprint density at radius 3 is 2.35 bits per heavy atom. The molecule has 0 spiro atoms. The van der Waals surface area contributed by atoms with Gasteiger partial charge < -0.3 is 20.0 Å². The van der Waals surface area contributed by atoms with E-state index in [-0.39, 0.29) is 23.0 Å². The molecule has 1 aromatic heterocycles. The van der Waals surface area contributed by atoms with Crippen LogP contribution in [0.1, 0.15) is 21.5 Å². The Balaban J connectivity index is 1.20. The first-order valence-electron chi connectivity index (χ1n) is 13.9.